The third-order valence-electron chi connectivity index (χ3n) is 3.52. The van der Waals surface area contributed by atoms with Gasteiger partial charge >= 0.3 is 0 Å². The molecule has 17 heavy (non-hydrogen) atoms. The van der Waals surface area contributed by atoms with Gasteiger partial charge in [-0.3, -0.25) is 4.98 Å². The standard InChI is InChI=1S/C15H23NSi/c1-5-7-11-14(10-6-2)17(3,4)15-12-8-9-13-16-15/h5-6,8-9,12-14H,1-2,7,10-11H2,3-4H3/t14-/m1/s1. The molecule has 1 rings (SSSR count). The molecule has 0 saturated carbocycles. The number of allylic oxidation sites excluding steroid dienone is 2. The van der Waals surface area contributed by atoms with Gasteiger partial charge in [-0.1, -0.05) is 31.3 Å². The first kappa shape index (κ1) is 13.9. The molecule has 0 bridgehead atoms. The Hall–Kier alpha value is -1.15. The minimum absolute atomic E-state index is 0.702. The van der Waals surface area contributed by atoms with Gasteiger partial charge in [0.1, 0.15) is 8.07 Å². The van der Waals surface area contributed by atoms with Crippen molar-refractivity contribution < 1.29 is 0 Å². The Balaban J connectivity index is 2.90. The van der Waals surface area contributed by atoms with Gasteiger partial charge < -0.3 is 0 Å². The monoisotopic (exact) mass is 245 g/mol. The van der Waals surface area contributed by atoms with Crippen molar-refractivity contribution in [3.63, 3.8) is 0 Å². The minimum Gasteiger partial charge on any atom is -0.266 e. The third kappa shape index (κ3) is 3.67. The lowest BCUT2D eigenvalue weighted by Crippen LogP contribution is -2.47. The molecule has 0 aromatic carbocycles. The van der Waals surface area contributed by atoms with Crippen LogP contribution in [-0.2, 0) is 0 Å². The fourth-order valence-corrected chi connectivity index (χ4v) is 5.24. The van der Waals surface area contributed by atoms with Gasteiger partial charge in [-0.25, -0.2) is 0 Å². The highest BCUT2D eigenvalue weighted by Gasteiger charge is 2.33. The van der Waals surface area contributed by atoms with Crippen LogP contribution in [0.4, 0.5) is 0 Å². The topological polar surface area (TPSA) is 12.9 Å². The van der Waals surface area contributed by atoms with E-state index in [-0.39, 0.29) is 0 Å². The first-order chi connectivity index (χ1) is 8.12. The van der Waals surface area contributed by atoms with Crippen molar-refractivity contribution in [3.8, 4) is 0 Å². The number of pyridine rings is 1. The van der Waals surface area contributed by atoms with Crippen molar-refractivity contribution in [2.24, 2.45) is 0 Å². The second-order valence-electron chi connectivity index (χ2n) is 5.02. The maximum absolute atomic E-state index is 4.56. The summed E-state index contributed by atoms with van der Waals surface area (Å²) in [4.78, 5) is 4.56. The number of aromatic nitrogens is 1. The van der Waals surface area contributed by atoms with Crippen LogP contribution < -0.4 is 5.32 Å². The maximum Gasteiger partial charge on any atom is 0.108 e. The SMILES string of the molecule is C=CCC[C@@H](CC=C)[Si](C)(C)c1ccccn1. The number of rotatable bonds is 7. The van der Waals surface area contributed by atoms with Gasteiger partial charge in [-0.2, -0.15) is 0 Å². The van der Waals surface area contributed by atoms with E-state index in [0.29, 0.717) is 5.54 Å². The van der Waals surface area contributed by atoms with Crippen molar-refractivity contribution >= 4 is 13.4 Å². The Morgan fingerprint density at radius 1 is 1.29 bits per heavy atom. The predicted octanol–water partition coefficient (Wildman–Crippen LogP) is 3.91. The average Bonchev–Trinajstić information content (AvgIpc) is 2.35. The van der Waals surface area contributed by atoms with Crippen molar-refractivity contribution in [3.05, 3.63) is 49.7 Å². The molecular weight excluding hydrogens is 222 g/mol. The van der Waals surface area contributed by atoms with E-state index in [0.717, 1.165) is 12.8 Å². The van der Waals surface area contributed by atoms with E-state index >= 15 is 0 Å². The van der Waals surface area contributed by atoms with Crippen molar-refractivity contribution in [2.75, 3.05) is 0 Å². The Bertz CT molecular complexity index is 356. The van der Waals surface area contributed by atoms with Crippen LogP contribution in [0, 0.1) is 0 Å². The normalized spacial score (nSPS) is 13.1. The maximum atomic E-state index is 4.56. The molecule has 1 aromatic heterocycles. The molecule has 1 atom stereocenters. The smallest absolute Gasteiger partial charge is 0.108 e. The lowest BCUT2D eigenvalue weighted by atomic mass is 10.2. The molecule has 0 aliphatic rings. The van der Waals surface area contributed by atoms with E-state index in [2.05, 4.69) is 43.4 Å². The van der Waals surface area contributed by atoms with E-state index < -0.39 is 8.07 Å². The van der Waals surface area contributed by atoms with Gasteiger partial charge in [0, 0.05) is 11.5 Å². The summed E-state index contributed by atoms with van der Waals surface area (Å²) in [5.41, 5.74) is 0.702. The van der Waals surface area contributed by atoms with E-state index in [1.807, 2.05) is 24.4 Å². The highest BCUT2D eigenvalue weighted by Crippen LogP contribution is 2.30. The van der Waals surface area contributed by atoms with Crippen molar-refractivity contribution in [2.45, 2.75) is 37.9 Å². The summed E-state index contributed by atoms with van der Waals surface area (Å²) in [5, 5.41) is 1.30. The molecule has 0 unspecified atom stereocenters. The fourth-order valence-electron chi connectivity index (χ4n) is 2.25. The van der Waals surface area contributed by atoms with Crippen LogP contribution in [0.3, 0.4) is 0 Å². The van der Waals surface area contributed by atoms with E-state index in [4.69, 9.17) is 0 Å². The molecule has 92 valence electrons. The van der Waals surface area contributed by atoms with Crippen LogP contribution in [-0.4, -0.2) is 13.1 Å². The van der Waals surface area contributed by atoms with Gasteiger partial charge in [0.2, 0.25) is 0 Å². The summed E-state index contributed by atoms with van der Waals surface area (Å²) in [6, 6.07) is 6.26. The summed E-state index contributed by atoms with van der Waals surface area (Å²) < 4.78 is 0. The first-order valence-corrected chi connectivity index (χ1v) is 9.34. The molecule has 0 saturated heterocycles. The lowest BCUT2D eigenvalue weighted by molar-refractivity contribution is 0.736. The first-order valence-electron chi connectivity index (χ1n) is 6.26. The number of nitrogens with zero attached hydrogens (tertiary/aromatic N) is 1. The summed E-state index contributed by atoms with van der Waals surface area (Å²) in [6.07, 6.45) is 9.34. The molecular formula is C15H23NSi. The Kier molecular flexibility index (Phi) is 5.36. The molecule has 1 nitrogen and oxygen atoms in total. The third-order valence-corrected chi connectivity index (χ3v) is 7.70. The number of hydrogen-bond acceptors (Lipinski definition) is 1. The fraction of sp³-hybridized carbons (Fsp3) is 0.400. The molecule has 0 fully saturated rings. The molecule has 0 amide bonds. The second-order valence-corrected chi connectivity index (χ2v) is 9.80. The van der Waals surface area contributed by atoms with Crippen LogP contribution in [0.25, 0.3) is 0 Å². The molecule has 0 aliphatic carbocycles. The summed E-state index contributed by atoms with van der Waals surface area (Å²) in [6.45, 7) is 12.5. The lowest BCUT2D eigenvalue weighted by Gasteiger charge is -2.31. The molecule has 0 radical (unpaired) electrons. The van der Waals surface area contributed by atoms with E-state index in [9.17, 15) is 0 Å². The molecule has 0 aliphatic heterocycles. The summed E-state index contributed by atoms with van der Waals surface area (Å²) >= 11 is 0. The van der Waals surface area contributed by atoms with Crippen LogP contribution in [0.5, 0.6) is 0 Å². The van der Waals surface area contributed by atoms with Crippen molar-refractivity contribution in [1.29, 1.82) is 0 Å². The Morgan fingerprint density at radius 3 is 2.59 bits per heavy atom. The van der Waals surface area contributed by atoms with Gasteiger partial charge in [0.25, 0.3) is 0 Å². The van der Waals surface area contributed by atoms with Gasteiger partial charge in [-0.05, 0) is 36.9 Å². The molecule has 0 spiro atoms. The quantitative estimate of drug-likeness (QED) is 0.524. The van der Waals surface area contributed by atoms with Crippen molar-refractivity contribution in [1.82, 2.24) is 4.98 Å². The van der Waals surface area contributed by atoms with Gasteiger partial charge in [-0.15, -0.1) is 13.2 Å². The summed E-state index contributed by atoms with van der Waals surface area (Å²) in [7, 11) is -1.50. The van der Waals surface area contributed by atoms with Gasteiger partial charge in [0.15, 0.2) is 0 Å². The summed E-state index contributed by atoms with van der Waals surface area (Å²) in [5.74, 6) is 0. The predicted molar refractivity (Wildman–Crippen MR) is 79.3 cm³/mol. The molecule has 0 N–H and O–H groups in total. The van der Waals surface area contributed by atoms with Crippen LogP contribution >= 0.6 is 0 Å². The Morgan fingerprint density at radius 2 is 2.06 bits per heavy atom. The largest absolute Gasteiger partial charge is 0.266 e. The molecule has 1 aromatic rings. The van der Waals surface area contributed by atoms with Crippen LogP contribution in [0.15, 0.2) is 49.7 Å². The highest BCUT2D eigenvalue weighted by atomic mass is 28.3. The van der Waals surface area contributed by atoms with Crippen LogP contribution in [0.2, 0.25) is 18.6 Å². The zero-order valence-corrected chi connectivity index (χ0v) is 12.0. The van der Waals surface area contributed by atoms with E-state index in [1.165, 1.54) is 11.7 Å². The van der Waals surface area contributed by atoms with E-state index in [1.54, 1.807) is 0 Å². The molecule has 2 heteroatoms. The Labute approximate surface area is 106 Å². The second kappa shape index (κ2) is 6.55. The number of hydrogen-bond donors (Lipinski definition) is 0. The average molecular weight is 245 g/mol. The van der Waals surface area contributed by atoms with Gasteiger partial charge in [0.05, 0.1) is 0 Å². The minimum atomic E-state index is -1.50. The van der Waals surface area contributed by atoms with Crippen LogP contribution in [0.1, 0.15) is 19.3 Å². The zero-order valence-electron chi connectivity index (χ0n) is 11.0. The zero-order chi connectivity index (χ0) is 12.7. The molecule has 1 heterocycles. The highest BCUT2D eigenvalue weighted by molar-refractivity contribution is 6.90.